The van der Waals surface area contributed by atoms with Gasteiger partial charge in [0.15, 0.2) is 5.60 Å². The largest absolute Gasteiger partial charge is 0.372 e. The van der Waals surface area contributed by atoms with E-state index in [1.54, 1.807) is 31.9 Å². The zero-order valence-corrected chi connectivity index (χ0v) is 23.6. The molecule has 3 aromatic rings. The smallest absolute Gasteiger partial charge is 0.268 e. The fourth-order valence-corrected chi connectivity index (χ4v) is 6.73. The van der Waals surface area contributed by atoms with Crippen LogP contribution in [0.25, 0.3) is 0 Å². The highest BCUT2D eigenvalue weighted by Gasteiger charge is 2.34. The van der Waals surface area contributed by atoms with Crippen LogP contribution in [0, 0.1) is 25.7 Å². The van der Waals surface area contributed by atoms with E-state index < -0.39 is 11.6 Å². The Morgan fingerprint density at radius 1 is 1.28 bits per heavy atom. The highest BCUT2D eigenvalue weighted by Crippen LogP contribution is 2.44. The summed E-state index contributed by atoms with van der Waals surface area (Å²) in [4.78, 5) is 29.5. The fourth-order valence-electron chi connectivity index (χ4n) is 4.20. The minimum Gasteiger partial charge on any atom is -0.372 e. The molecule has 0 radical (unpaired) electrons. The number of rotatable bonds is 5. The second-order valence-electron chi connectivity index (χ2n) is 9.62. The van der Waals surface area contributed by atoms with Crippen LogP contribution in [0.3, 0.4) is 0 Å². The molecule has 2 amide bonds. The van der Waals surface area contributed by atoms with E-state index in [4.69, 9.17) is 4.52 Å². The van der Waals surface area contributed by atoms with Crippen LogP contribution >= 0.6 is 23.1 Å². The maximum Gasteiger partial charge on any atom is 0.268 e. The Labute approximate surface area is 234 Å². The first-order chi connectivity index (χ1) is 18.6. The van der Waals surface area contributed by atoms with Crippen LogP contribution in [0.2, 0.25) is 0 Å². The van der Waals surface area contributed by atoms with Crippen molar-refractivity contribution in [3.8, 4) is 11.8 Å². The Bertz CT molecular complexity index is 1560. The summed E-state index contributed by atoms with van der Waals surface area (Å²) in [6.07, 6.45) is 0.983. The van der Waals surface area contributed by atoms with Crippen LogP contribution in [0.4, 0.5) is 5.00 Å². The predicted octanol–water partition coefficient (Wildman–Crippen LogP) is 3.61. The van der Waals surface area contributed by atoms with E-state index in [2.05, 4.69) is 32.5 Å². The Kier molecular flexibility index (Phi) is 7.44. The van der Waals surface area contributed by atoms with Gasteiger partial charge in [0.1, 0.15) is 28.2 Å². The summed E-state index contributed by atoms with van der Waals surface area (Å²) < 4.78 is 5.07. The van der Waals surface area contributed by atoms with E-state index in [1.807, 2.05) is 37.3 Å². The van der Waals surface area contributed by atoms with Crippen LogP contribution in [-0.2, 0) is 21.6 Å². The maximum absolute atomic E-state index is 13.3. The Morgan fingerprint density at radius 3 is 2.77 bits per heavy atom. The van der Waals surface area contributed by atoms with Crippen molar-refractivity contribution in [3.05, 3.63) is 63.9 Å². The van der Waals surface area contributed by atoms with Crippen molar-refractivity contribution in [2.45, 2.75) is 50.2 Å². The van der Waals surface area contributed by atoms with Crippen LogP contribution in [0.15, 0.2) is 56.0 Å². The lowest BCUT2D eigenvalue weighted by molar-refractivity contribution is -0.123. The molecule has 200 valence electrons. The number of carbonyl (C=O) groups is 2. The molecule has 0 saturated carbocycles. The van der Waals surface area contributed by atoms with E-state index >= 15 is 0 Å². The first-order valence-electron chi connectivity index (χ1n) is 12.3. The van der Waals surface area contributed by atoms with Gasteiger partial charge in [0.25, 0.3) is 11.8 Å². The molecule has 2 aliphatic heterocycles. The number of likely N-dealkylation sites (N-methyl/N-ethyl adjacent to an activating group) is 1. The molecule has 0 fully saturated rings. The van der Waals surface area contributed by atoms with Gasteiger partial charge in [0.05, 0.1) is 10.6 Å². The van der Waals surface area contributed by atoms with Crippen LogP contribution in [0.1, 0.15) is 40.8 Å². The van der Waals surface area contributed by atoms with Gasteiger partial charge < -0.3 is 19.8 Å². The number of amides is 2. The van der Waals surface area contributed by atoms with Crippen molar-refractivity contribution in [3.63, 3.8) is 0 Å². The molecule has 0 unspecified atom stereocenters. The van der Waals surface area contributed by atoms with Gasteiger partial charge in [-0.25, -0.2) is 0 Å². The van der Waals surface area contributed by atoms with Crippen LogP contribution < -0.4 is 10.2 Å². The molecular weight excluding hydrogens is 534 g/mol. The number of hydrogen-bond acceptors (Lipinski definition) is 9. The molecule has 5 rings (SSSR count). The number of aliphatic hydroxyl groups is 1. The second kappa shape index (κ2) is 10.8. The highest BCUT2D eigenvalue weighted by atomic mass is 32.2. The van der Waals surface area contributed by atoms with Crippen LogP contribution in [0.5, 0.6) is 0 Å². The monoisotopic (exact) mass is 561 g/mol. The van der Waals surface area contributed by atoms with Gasteiger partial charge >= 0.3 is 0 Å². The normalized spacial score (nSPS) is 18.3. The second-order valence-corrected chi connectivity index (χ2v) is 11.7. The number of benzene rings is 1. The summed E-state index contributed by atoms with van der Waals surface area (Å²) in [6, 6.07) is 10.8. The SMILES string of the molecule is Cc1cc([C@](C)(O)C#Cc2sc3c(c2C)SC[C@H](NC(=O)C2=NN=C(Cc4ccccc4)C2)C(=O)N3C)no1. The van der Waals surface area contributed by atoms with Crippen molar-refractivity contribution in [1.82, 2.24) is 10.5 Å². The number of thioether (sulfide) groups is 1. The predicted molar refractivity (Wildman–Crippen MR) is 152 cm³/mol. The topological polar surface area (TPSA) is 120 Å². The molecule has 0 aliphatic carbocycles. The molecule has 0 bridgehead atoms. The number of anilines is 1. The molecule has 2 atom stereocenters. The molecule has 39 heavy (non-hydrogen) atoms. The molecule has 2 aromatic heterocycles. The van der Waals surface area contributed by atoms with Crippen molar-refractivity contribution >= 4 is 51.3 Å². The van der Waals surface area contributed by atoms with E-state index in [0.717, 1.165) is 31.6 Å². The third-order valence-electron chi connectivity index (χ3n) is 6.45. The number of thiophene rings is 1. The molecular formula is C28H27N5O4S2. The number of fused-ring (bicyclic) bond motifs is 1. The van der Waals surface area contributed by atoms with Gasteiger partial charge in [0.2, 0.25) is 0 Å². The van der Waals surface area contributed by atoms with Gasteiger partial charge in [-0.2, -0.15) is 5.10 Å². The minimum atomic E-state index is -1.48. The quantitative estimate of drug-likeness (QED) is 0.459. The number of nitrogens with one attached hydrogen (secondary N) is 1. The molecule has 2 aliphatic rings. The van der Waals surface area contributed by atoms with Crippen molar-refractivity contribution in [2.24, 2.45) is 10.2 Å². The van der Waals surface area contributed by atoms with Crippen molar-refractivity contribution in [1.29, 1.82) is 0 Å². The molecule has 4 heterocycles. The molecule has 11 heteroatoms. The molecule has 0 spiro atoms. The van der Waals surface area contributed by atoms with Gasteiger partial charge in [-0.3, -0.25) is 9.59 Å². The molecule has 9 nitrogen and oxygen atoms in total. The van der Waals surface area contributed by atoms with E-state index in [1.165, 1.54) is 23.1 Å². The third-order valence-corrected chi connectivity index (χ3v) is 9.15. The number of carbonyl (C=O) groups excluding carboxylic acids is 2. The number of nitrogens with zero attached hydrogens (tertiary/aromatic N) is 4. The Hall–Kier alpha value is -3.72. The summed E-state index contributed by atoms with van der Waals surface area (Å²) >= 11 is 2.88. The van der Waals surface area contributed by atoms with E-state index in [0.29, 0.717) is 35.8 Å². The average Bonchev–Trinajstić information content (AvgIpc) is 3.63. The van der Waals surface area contributed by atoms with Gasteiger partial charge in [-0.15, -0.1) is 28.2 Å². The lowest BCUT2D eigenvalue weighted by Crippen LogP contribution is -2.50. The van der Waals surface area contributed by atoms with Crippen molar-refractivity contribution < 1.29 is 19.2 Å². The van der Waals surface area contributed by atoms with Gasteiger partial charge in [0, 0.05) is 36.6 Å². The lowest BCUT2D eigenvalue weighted by atomic mass is 10.0. The summed E-state index contributed by atoms with van der Waals surface area (Å²) in [5.74, 6) is 6.30. The summed E-state index contributed by atoms with van der Waals surface area (Å²) in [5.41, 5.74) is 2.01. The zero-order valence-electron chi connectivity index (χ0n) is 21.9. The standard InChI is InChI=1S/C28H27N5O4S2/c1-16-12-23(32-37-16)28(3,36)11-10-22-17(2)24-27(39-22)33(4)26(35)21(15-38-24)29-25(34)20-14-19(30-31-20)13-18-8-6-5-7-9-18/h5-9,12,21,36H,13-15H2,1-4H3,(H,29,34)/t21-,28+/m0/s1. The highest BCUT2D eigenvalue weighted by molar-refractivity contribution is 7.99. The van der Waals surface area contributed by atoms with Crippen LogP contribution in [-0.4, -0.2) is 52.3 Å². The fraction of sp³-hybridized carbons (Fsp3) is 0.321. The summed E-state index contributed by atoms with van der Waals surface area (Å²) in [7, 11) is 1.70. The maximum atomic E-state index is 13.3. The average molecular weight is 562 g/mol. The zero-order chi connectivity index (χ0) is 27.7. The van der Waals surface area contributed by atoms with E-state index in [-0.39, 0.29) is 11.8 Å². The first kappa shape index (κ1) is 26.9. The minimum absolute atomic E-state index is 0.218. The lowest BCUT2D eigenvalue weighted by Gasteiger charge is -2.20. The number of hydrogen-bond donors (Lipinski definition) is 2. The van der Waals surface area contributed by atoms with E-state index in [9.17, 15) is 14.7 Å². The molecule has 0 saturated heterocycles. The van der Waals surface area contributed by atoms with Gasteiger partial charge in [-0.1, -0.05) is 47.3 Å². The first-order valence-corrected chi connectivity index (χ1v) is 14.1. The van der Waals surface area contributed by atoms with Gasteiger partial charge in [-0.05, 0) is 31.9 Å². The van der Waals surface area contributed by atoms with Crippen molar-refractivity contribution in [2.75, 3.05) is 17.7 Å². The third kappa shape index (κ3) is 5.68. The molecule has 2 N–H and O–H groups in total. The Morgan fingerprint density at radius 2 is 2.05 bits per heavy atom. The Balaban J connectivity index is 1.25. The molecule has 1 aromatic carbocycles. The summed E-state index contributed by atoms with van der Waals surface area (Å²) in [6.45, 7) is 5.25. The number of aryl methyl sites for hydroxylation is 1. The summed E-state index contributed by atoms with van der Waals surface area (Å²) in [5, 5.41) is 26.5. The number of aromatic nitrogens is 1.